The summed E-state index contributed by atoms with van der Waals surface area (Å²) >= 11 is 1.11. The fourth-order valence-corrected chi connectivity index (χ4v) is 2.28. The molecule has 0 spiro atoms. The maximum absolute atomic E-state index is 12.4. The van der Waals surface area contributed by atoms with Gasteiger partial charge in [0.15, 0.2) is 0 Å². The zero-order valence-electron chi connectivity index (χ0n) is 9.21. The van der Waals surface area contributed by atoms with Crippen molar-refractivity contribution in [2.24, 2.45) is 0 Å². The van der Waals surface area contributed by atoms with Gasteiger partial charge >= 0.3 is 6.18 Å². The van der Waals surface area contributed by atoms with Crippen LogP contribution < -0.4 is 0 Å². The predicted molar refractivity (Wildman–Crippen MR) is 62.1 cm³/mol. The molecule has 0 atom stereocenters. The van der Waals surface area contributed by atoms with Crippen molar-refractivity contribution in [1.29, 1.82) is 0 Å². The first kappa shape index (κ1) is 12.8. The fraction of sp³-hybridized carbons (Fsp3) is 0.167. The van der Waals surface area contributed by atoms with Crippen LogP contribution in [0.5, 0.6) is 0 Å². The number of benzene rings is 1. The van der Waals surface area contributed by atoms with E-state index in [1.807, 2.05) is 0 Å². The van der Waals surface area contributed by atoms with Gasteiger partial charge in [0, 0.05) is 5.56 Å². The second kappa shape index (κ2) is 4.53. The summed E-state index contributed by atoms with van der Waals surface area (Å²) < 4.78 is 37.1. The zero-order chi connectivity index (χ0) is 13.3. The maximum atomic E-state index is 12.4. The maximum Gasteiger partial charge on any atom is 0.416 e. The van der Waals surface area contributed by atoms with Crippen LogP contribution in [0, 0.1) is 6.92 Å². The third kappa shape index (κ3) is 2.43. The first-order valence-corrected chi connectivity index (χ1v) is 5.76. The molecule has 0 fully saturated rings. The quantitative estimate of drug-likeness (QED) is 0.834. The lowest BCUT2D eigenvalue weighted by Gasteiger charge is -2.06. The Hall–Kier alpha value is -1.69. The van der Waals surface area contributed by atoms with Gasteiger partial charge in [-0.2, -0.15) is 13.2 Å². The summed E-state index contributed by atoms with van der Waals surface area (Å²) in [5.41, 5.74) is 0.379. The molecule has 93 valence electrons. The molecule has 2 aromatic rings. The monoisotopic (exact) mass is 270 g/mol. The summed E-state index contributed by atoms with van der Waals surface area (Å²) in [6, 6.07) is 4.68. The van der Waals surface area contributed by atoms with E-state index < -0.39 is 11.7 Å². The molecule has 0 amide bonds. The summed E-state index contributed by atoms with van der Waals surface area (Å²) in [5.74, 6) is 0. The molecular weight excluding hydrogens is 263 g/mol. The Morgan fingerprint density at radius 2 is 1.83 bits per heavy atom. The standard InChI is InChI=1S/C12H7F3NOS/c1-7-10(6-17)18-11(16-7)8-2-4-9(5-3-8)12(13,14)15/h2-5H,1H3. The van der Waals surface area contributed by atoms with Crippen molar-refractivity contribution in [3.63, 3.8) is 0 Å². The molecule has 6 heteroatoms. The molecule has 0 bridgehead atoms. The number of halogens is 3. The summed E-state index contributed by atoms with van der Waals surface area (Å²) in [5, 5.41) is 0.513. The number of alkyl halides is 3. The van der Waals surface area contributed by atoms with Gasteiger partial charge in [0.2, 0.25) is 6.29 Å². The van der Waals surface area contributed by atoms with Crippen molar-refractivity contribution in [2.75, 3.05) is 0 Å². The zero-order valence-corrected chi connectivity index (χ0v) is 10.0. The molecule has 0 aliphatic heterocycles. The smallest absolute Gasteiger partial charge is 0.284 e. The van der Waals surface area contributed by atoms with E-state index in [9.17, 15) is 18.0 Å². The van der Waals surface area contributed by atoms with Crippen molar-refractivity contribution in [2.45, 2.75) is 13.1 Å². The van der Waals surface area contributed by atoms with Crippen molar-refractivity contribution in [3.8, 4) is 10.6 Å². The average molecular weight is 270 g/mol. The molecular formula is C12H7F3NOS. The van der Waals surface area contributed by atoms with E-state index in [1.165, 1.54) is 12.1 Å². The van der Waals surface area contributed by atoms with Gasteiger partial charge in [-0.25, -0.2) is 4.98 Å². The van der Waals surface area contributed by atoms with Crippen LogP contribution >= 0.6 is 11.3 Å². The third-order valence-corrected chi connectivity index (χ3v) is 3.45. The highest BCUT2D eigenvalue weighted by Gasteiger charge is 2.30. The molecule has 0 aliphatic carbocycles. The average Bonchev–Trinajstić information content (AvgIpc) is 2.69. The number of aromatic nitrogens is 1. The minimum atomic E-state index is -4.35. The van der Waals surface area contributed by atoms with Crippen LogP contribution in [0.1, 0.15) is 16.1 Å². The van der Waals surface area contributed by atoms with Crippen LogP contribution in [0.4, 0.5) is 13.2 Å². The lowest BCUT2D eigenvalue weighted by molar-refractivity contribution is -0.137. The Morgan fingerprint density at radius 3 is 2.28 bits per heavy atom. The molecule has 0 aliphatic rings. The van der Waals surface area contributed by atoms with Crippen LogP contribution in [0.25, 0.3) is 10.6 Å². The van der Waals surface area contributed by atoms with E-state index in [0.29, 0.717) is 21.1 Å². The molecule has 0 saturated carbocycles. The number of nitrogens with zero attached hydrogens (tertiary/aromatic N) is 1. The number of hydrogen-bond donors (Lipinski definition) is 0. The van der Waals surface area contributed by atoms with Gasteiger partial charge in [-0.1, -0.05) is 12.1 Å². The summed E-state index contributed by atoms with van der Waals surface area (Å²) in [6.07, 6.45) is -2.60. The minimum Gasteiger partial charge on any atom is -0.284 e. The van der Waals surface area contributed by atoms with Gasteiger partial charge in [0.25, 0.3) is 0 Å². The van der Waals surface area contributed by atoms with Crippen LogP contribution in [0.3, 0.4) is 0 Å². The van der Waals surface area contributed by atoms with E-state index in [1.54, 1.807) is 13.2 Å². The van der Waals surface area contributed by atoms with Crippen LogP contribution in [0.15, 0.2) is 24.3 Å². The number of aryl methyl sites for hydroxylation is 1. The first-order valence-electron chi connectivity index (χ1n) is 4.95. The van der Waals surface area contributed by atoms with Crippen molar-refractivity contribution in [1.82, 2.24) is 4.98 Å². The minimum absolute atomic E-state index is 0.366. The molecule has 1 aromatic heterocycles. The van der Waals surface area contributed by atoms with Gasteiger partial charge in [-0.3, -0.25) is 4.79 Å². The highest BCUT2D eigenvalue weighted by molar-refractivity contribution is 7.16. The molecule has 18 heavy (non-hydrogen) atoms. The van der Waals surface area contributed by atoms with Gasteiger partial charge in [0.1, 0.15) is 9.88 Å². The number of hydrogen-bond acceptors (Lipinski definition) is 3. The SMILES string of the molecule is Cc1nc(-c2ccc(C(F)(F)F)cc2)sc1[C]=O. The molecule has 1 aromatic carbocycles. The Morgan fingerprint density at radius 1 is 1.22 bits per heavy atom. The number of carbonyl (C=O) groups excluding carboxylic acids is 1. The van der Waals surface area contributed by atoms with E-state index in [0.717, 1.165) is 23.5 Å². The molecule has 1 radical (unpaired) electrons. The van der Waals surface area contributed by atoms with E-state index in [-0.39, 0.29) is 0 Å². The highest BCUT2D eigenvalue weighted by atomic mass is 32.1. The molecule has 0 unspecified atom stereocenters. The fourth-order valence-electron chi connectivity index (χ4n) is 1.42. The van der Waals surface area contributed by atoms with Crippen molar-refractivity contribution < 1.29 is 18.0 Å². The number of rotatable bonds is 2. The Balaban J connectivity index is 2.37. The summed E-state index contributed by atoms with van der Waals surface area (Å²) in [6.45, 7) is 1.66. The third-order valence-electron chi connectivity index (χ3n) is 2.35. The lowest BCUT2D eigenvalue weighted by atomic mass is 10.1. The van der Waals surface area contributed by atoms with Crippen LogP contribution in [0.2, 0.25) is 0 Å². The molecule has 1 heterocycles. The second-order valence-corrected chi connectivity index (χ2v) is 4.61. The van der Waals surface area contributed by atoms with E-state index in [2.05, 4.69) is 4.98 Å². The number of thiazole rings is 1. The summed E-state index contributed by atoms with van der Waals surface area (Å²) in [7, 11) is 0. The van der Waals surface area contributed by atoms with Crippen LogP contribution in [-0.2, 0) is 11.0 Å². The largest absolute Gasteiger partial charge is 0.416 e. The van der Waals surface area contributed by atoms with E-state index in [4.69, 9.17) is 0 Å². The lowest BCUT2D eigenvalue weighted by Crippen LogP contribution is -2.03. The first-order chi connectivity index (χ1) is 8.41. The van der Waals surface area contributed by atoms with E-state index >= 15 is 0 Å². The van der Waals surface area contributed by atoms with Crippen molar-refractivity contribution >= 4 is 17.6 Å². The highest BCUT2D eigenvalue weighted by Crippen LogP contribution is 2.32. The Bertz CT molecular complexity index is 572. The summed E-state index contributed by atoms with van der Waals surface area (Å²) in [4.78, 5) is 15.0. The molecule has 0 saturated heterocycles. The van der Waals surface area contributed by atoms with Gasteiger partial charge < -0.3 is 0 Å². The molecule has 2 rings (SSSR count). The second-order valence-electron chi connectivity index (χ2n) is 3.61. The van der Waals surface area contributed by atoms with Gasteiger partial charge in [-0.05, 0) is 19.1 Å². The van der Waals surface area contributed by atoms with Crippen LogP contribution in [-0.4, -0.2) is 11.3 Å². The van der Waals surface area contributed by atoms with Gasteiger partial charge in [0.05, 0.1) is 11.3 Å². The normalized spacial score (nSPS) is 11.6. The predicted octanol–water partition coefficient (Wildman–Crippen LogP) is 3.60. The Labute approximate surface area is 105 Å². The topological polar surface area (TPSA) is 30.0 Å². The molecule has 0 N–H and O–H groups in total. The van der Waals surface area contributed by atoms with Gasteiger partial charge in [-0.15, -0.1) is 11.3 Å². The molecule has 2 nitrogen and oxygen atoms in total. The Kier molecular flexibility index (Phi) is 3.21. The van der Waals surface area contributed by atoms with Crippen molar-refractivity contribution in [3.05, 3.63) is 40.4 Å².